The van der Waals surface area contributed by atoms with E-state index in [1.807, 2.05) is 13.8 Å². The van der Waals surface area contributed by atoms with E-state index < -0.39 is 10.2 Å². The highest BCUT2D eigenvalue weighted by Gasteiger charge is 2.33. The maximum absolute atomic E-state index is 12.5. The van der Waals surface area contributed by atoms with Gasteiger partial charge in [-0.05, 0) is 32.6 Å². The smallest absolute Gasteiger partial charge is 0.282 e. The van der Waals surface area contributed by atoms with Crippen LogP contribution in [0.2, 0.25) is 0 Å². The molecular weight excluding hydrogens is 270 g/mol. The molecule has 1 aliphatic heterocycles. The molecule has 0 bridgehead atoms. The topological polar surface area (TPSA) is 66.6 Å². The highest BCUT2D eigenvalue weighted by atomic mass is 32.2. The van der Waals surface area contributed by atoms with Crippen molar-refractivity contribution in [2.45, 2.75) is 39.7 Å². The van der Waals surface area contributed by atoms with Crippen molar-refractivity contribution in [2.75, 3.05) is 19.6 Å². The number of piperidine rings is 1. The second-order valence-electron chi connectivity index (χ2n) is 5.19. The third-order valence-corrected chi connectivity index (χ3v) is 5.54. The van der Waals surface area contributed by atoms with Gasteiger partial charge >= 0.3 is 0 Å². The lowest BCUT2D eigenvalue weighted by Gasteiger charge is -2.35. The van der Waals surface area contributed by atoms with Crippen LogP contribution in [-0.4, -0.2) is 47.7 Å². The van der Waals surface area contributed by atoms with E-state index in [2.05, 4.69) is 6.92 Å². The van der Waals surface area contributed by atoms with Crippen LogP contribution in [0, 0.1) is 5.92 Å². The predicted octanol–water partition coefficient (Wildman–Crippen LogP) is 0.960. The Kier molecular flexibility index (Phi) is 5.51. The van der Waals surface area contributed by atoms with Crippen LogP contribution in [0.15, 0.2) is 0 Å². The van der Waals surface area contributed by atoms with E-state index in [1.54, 1.807) is 4.31 Å². The van der Waals surface area contributed by atoms with Crippen molar-refractivity contribution in [3.05, 3.63) is 0 Å². The Hall–Kier alpha value is -0.240. The maximum Gasteiger partial charge on any atom is 0.282 e. The molecule has 1 fully saturated rings. The van der Waals surface area contributed by atoms with Crippen molar-refractivity contribution in [3.8, 4) is 0 Å². The van der Waals surface area contributed by atoms with Crippen LogP contribution in [0.3, 0.4) is 0 Å². The zero-order valence-corrected chi connectivity index (χ0v) is 12.9. The predicted molar refractivity (Wildman–Crippen MR) is 77.5 cm³/mol. The Morgan fingerprint density at radius 1 is 1.44 bits per heavy atom. The zero-order chi connectivity index (χ0) is 13.9. The summed E-state index contributed by atoms with van der Waals surface area (Å²) in [6.45, 7) is 7.11. The van der Waals surface area contributed by atoms with Gasteiger partial charge in [0, 0.05) is 19.1 Å². The first-order valence-electron chi connectivity index (χ1n) is 6.30. The van der Waals surface area contributed by atoms with E-state index in [-0.39, 0.29) is 17.6 Å². The molecule has 0 unspecified atom stereocenters. The van der Waals surface area contributed by atoms with E-state index in [0.29, 0.717) is 19.0 Å². The summed E-state index contributed by atoms with van der Waals surface area (Å²) in [6, 6.07) is -0.143. The van der Waals surface area contributed by atoms with Crippen molar-refractivity contribution >= 4 is 27.4 Å². The fraction of sp³-hybridized carbons (Fsp3) is 0.909. The molecule has 0 aromatic carbocycles. The van der Waals surface area contributed by atoms with Crippen LogP contribution in [0.25, 0.3) is 0 Å². The fourth-order valence-corrected chi connectivity index (χ4v) is 4.07. The maximum atomic E-state index is 12.5. The number of hydrogen-bond donors (Lipinski definition) is 1. The third-order valence-electron chi connectivity index (χ3n) is 3.25. The number of thiocarbonyl (C=S) groups is 1. The normalized spacial score (nSPS) is 19.6. The first-order chi connectivity index (χ1) is 8.25. The Morgan fingerprint density at radius 3 is 2.33 bits per heavy atom. The van der Waals surface area contributed by atoms with Gasteiger partial charge in [0.15, 0.2) is 0 Å². The Bertz CT molecular complexity index is 387. The molecule has 5 nitrogen and oxygen atoms in total. The highest BCUT2D eigenvalue weighted by Crippen LogP contribution is 2.21. The van der Waals surface area contributed by atoms with Gasteiger partial charge in [-0.15, -0.1) is 0 Å². The molecule has 0 spiro atoms. The molecule has 106 valence electrons. The van der Waals surface area contributed by atoms with Crippen LogP contribution in [-0.2, 0) is 10.2 Å². The number of rotatable bonds is 5. The second kappa shape index (κ2) is 6.27. The van der Waals surface area contributed by atoms with E-state index in [9.17, 15) is 8.42 Å². The molecule has 1 heterocycles. The minimum absolute atomic E-state index is 0.112. The second-order valence-corrected chi connectivity index (χ2v) is 7.60. The molecule has 0 aromatic rings. The highest BCUT2D eigenvalue weighted by molar-refractivity contribution is 7.87. The molecule has 1 saturated heterocycles. The lowest BCUT2D eigenvalue weighted by molar-refractivity contribution is 0.260. The van der Waals surface area contributed by atoms with Crippen molar-refractivity contribution in [1.29, 1.82) is 0 Å². The first kappa shape index (κ1) is 15.8. The molecular formula is C11H23N3O2S2. The summed E-state index contributed by atoms with van der Waals surface area (Å²) in [4.78, 5) is 0.206. The van der Waals surface area contributed by atoms with Crippen LogP contribution in [0.1, 0.15) is 33.6 Å². The van der Waals surface area contributed by atoms with E-state index in [4.69, 9.17) is 18.0 Å². The Labute approximate surface area is 115 Å². The summed E-state index contributed by atoms with van der Waals surface area (Å²) in [5, 5.41) is 0. The summed E-state index contributed by atoms with van der Waals surface area (Å²) in [5.74, 6) is 0.597. The molecule has 0 aromatic heterocycles. The number of hydrogen-bond acceptors (Lipinski definition) is 3. The lowest BCUT2D eigenvalue weighted by atomic mass is 10.0. The minimum Gasteiger partial charge on any atom is -0.392 e. The van der Waals surface area contributed by atoms with Crippen LogP contribution in [0.5, 0.6) is 0 Å². The monoisotopic (exact) mass is 293 g/mol. The van der Waals surface area contributed by atoms with Gasteiger partial charge in [-0.2, -0.15) is 17.0 Å². The van der Waals surface area contributed by atoms with Gasteiger partial charge in [0.1, 0.15) is 0 Å². The van der Waals surface area contributed by atoms with Crippen LogP contribution in [0.4, 0.5) is 0 Å². The van der Waals surface area contributed by atoms with Crippen molar-refractivity contribution in [3.63, 3.8) is 0 Å². The standard InChI is InChI=1S/C11H23N3O2S2/c1-9(2)14(8-11(12)17)18(15,16)13-6-4-10(3)5-7-13/h9-10H,4-8H2,1-3H3,(H2,12,17). The fourth-order valence-electron chi connectivity index (χ4n) is 2.05. The summed E-state index contributed by atoms with van der Waals surface area (Å²) in [5.41, 5.74) is 5.49. The van der Waals surface area contributed by atoms with Gasteiger partial charge in [-0.25, -0.2) is 0 Å². The van der Waals surface area contributed by atoms with Gasteiger partial charge in [-0.1, -0.05) is 19.1 Å². The molecule has 7 heteroatoms. The summed E-state index contributed by atoms with van der Waals surface area (Å²) in [7, 11) is -3.44. The average molecular weight is 293 g/mol. The van der Waals surface area contributed by atoms with Crippen LogP contribution >= 0.6 is 12.2 Å². The number of nitrogens with two attached hydrogens (primary N) is 1. The van der Waals surface area contributed by atoms with E-state index >= 15 is 0 Å². The lowest BCUT2D eigenvalue weighted by Crippen LogP contribution is -2.51. The van der Waals surface area contributed by atoms with Gasteiger partial charge < -0.3 is 5.73 Å². The van der Waals surface area contributed by atoms with Gasteiger partial charge in [0.2, 0.25) is 0 Å². The quantitative estimate of drug-likeness (QED) is 0.767. The molecule has 0 atom stereocenters. The molecule has 0 saturated carbocycles. The largest absolute Gasteiger partial charge is 0.392 e. The molecule has 18 heavy (non-hydrogen) atoms. The number of nitrogens with zero attached hydrogens (tertiary/aromatic N) is 2. The van der Waals surface area contributed by atoms with Gasteiger partial charge in [0.25, 0.3) is 10.2 Å². The Morgan fingerprint density at radius 2 is 1.94 bits per heavy atom. The third kappa shape index (κ3) is 3.88. The molecule has 1 aliphatic rings. The van der Waals surface area contributed by atoms with Gasteiger partial charge in [0.05, 0.1) is 11.5 Å². The van der Waals surface area contributed by atoms with Gasteiger partial charge in [-0.3, -0.25) is 0 Å². The molecule has 0 radical (unpaired) electrons. The van der Waals surface area contributed by atoms with E-state index in [1.165, 1.54) is 4.31 Å². The molecule has 2 N–H and O–H groups in total. The Balaban J connectivity index is 2.84. The summed E-state index contributed by atoms with van der Waals surface area (Å²) in [6.07, 6.45) is 1.83. The van der Waals surface area contributed by atoms with Crippen molar-refractivity contribution in [1.82, 2.24) is 8.61 Å². The first-order valence-corrected chi connectivity index (χ1v) is 8.11. The zero-order valence-electron chi connectivity index (χ0n) is 11.3. The minimum atomic E-state index is -3.44. The molecule has 0 amide bonds. The van der Waals surface area contributed by atoms with Crippen molar-refractivity contribution in [2.24, 2.45) is 11.7 Å². The summed E-state index contributed by atoms with van der Waals surface area (Å²) < 4.78 is 27.9. The summed E-state index contributed by atoms with van der Waals surface area (Å²) >= 11 is 4.83. The van der Waals surface area contributed by atoms with E-state index in [0.717, 1.165) is 12.8 Å². The SMILES string of the molecule is CC1CCN(S(=O)(=O)N(CC(N)=S)C(C)C)CC1. The van der Waals surface area contributed by atoms with Crippen molar-refractivity contribution < 1.29 is 8.42 Å². The average Bonchev–Trinajstić information content (AvgIpc) is 2.25. The van der Waals surface area contributed by atoms with Crippen LogP contribution < -0.4 is 5.73 Å². The molecule has 0 aliphatic carbocycles. The molecule has 1 rings (SSSR count).